The molecule has 1 heterocycles. The first-order valence-corrected chi connectivity index (χ1v) is 8.45. The second kappa shape index (κ2) is 7.83. The number of hydrogen-bond acceptors (Lipinski definition) is 3. The molecule has 0 spiro atoms. The topological polar surface area (TPSA) is 60.3 Å². The molecule has 0 bridgehead atoms. The molecule has 0 saturated heterocycles. The molecule has 0 aliphatic heterocycles. The zero-order valence-corrected chi connectivity index (χ0v) is 14.2. The monoisotopic (exact) mass is 373 g/mol. The van der Waals surface area contributed by atoms with Gasteiger partial charge in [0, 0.05) is 36.6 Å². The van der Waals surface area contributed by atoms with Crippen LogP contribution in [0.1, 0.15) is 11.1 Å². The molecule has 0 radical (unpaired) electrons. The molecule has 25 heavy (non-hydrogen) atoms. The summed E-state index contributed by atoms with van der Waals surface area (Å²) in [6.45, 7) is 1.40. The van der Waals surface area contributed by atoms with E-state index in [9.17, 15) is 22.1 Å². The highest BCUT2D eigenvalue weighted by Gasteiger charge is 2.36. The van der Waals surface area contributed by atoms with Crippen molar-refractivity contribution in [2.24, 2.45) is 4.99 Å². The zero-order chi connectivity index (χ0) is 18.6. The standard InChI is InChI=1S/C16H15F4N3OS/c1-10-6-12(17)13(7-14(10)25(24)9-16(18,19)20)23-15(21-2)11-4-3-5-22-8-11/h3-8H,9H2,1-2H3,(H,21,23). The number of nitrogens with one attached hydrogen (secondary N) is 1. The predicted molar refractivity (Wildman–Crippen MR) is 88.0 cm³/mol. The molecule has 0 aliphatic rings. The number of aromatic nitrogens is 1. The van der Waals surface area contributed by atoms with Crippen molar-refractivity contribution >= 4 is 22.7 Å². The van der Waals surface area contributed by atoms with E-state index < -0.39 is 28.9 Å². The van der Waals surface area contributed by atoms with Gasteiger partial charge in [0.2, 0.25) is 5.75 Å². The molecule has 2 aromatic rings. The minimum absolute atomic E-state index is 0.0980. The Bertz CT molecular complexity index is 766. The number of rotatable bonds is 4. The summed E-state index contributed by atoms with van der Waals surface area (Å²) in [4.78, 5) is 7.93. The van der Waals surface area contributed by atoms with E-state index in [1.165, 1.54) is 13.1 Å². The Morgan fingerprint density at radius 1 is 1.36 bits per heavy atom. The van der Waals surface area contributed by atoms with E-state index in [4.69, 9.17) is 0 Å². The van der Waals surface area contributed by atoms with Gasteiger partial charge in [0.1, 0.15) is 17.3 Å². The van der Waals surface area contributed by atoms with Crippen LogP contribution in [0.25, 0.3) is 0 Å². The van der Waals surface area contributed by atoms with Gasteiger partial charge in [-0.05, 0) is 36.3 Å². The lowest BCUT2D eigenvalue weighted by molar-refractivity contribution is -0.106. The van der Waals surface area contributed by atoms with Crippen molar-refractivity contribution in [2.45, 2.75) is 18.0 Å². The van der Waals surface area contributed by atoms with Gasteiger partial charge in [0.15, 0.2) is 4.90 Å². The lowest BCUT2D eigenvalue weighted by atomic mass is 10.2. The van der Waals surface area contributed by atoms with Crippen molar-refractivity contribution in [1.29, 1.82) is 0 Å². The van der Waals surface area contributed by atoms with Gasteiger partial charge in [-0.3, -0.25) is 4.98 Å². The SMILES string of the molecule is CN/C(=N\c1cc([S+]([O-])CC(F)(F)F)c(C)cc1F)c1cccnc1. The molecule has 4 nitrogen and oxygen atoms in total. The van der Waals surface area contributed by atoms with Gasteiger partial charge in [0.25, 0.3) is 0 Å². The summed E-state index contributed by atoms with van der Waals surface area (Å²) in [5.41, 5.74) is 0.540. The number of alkyl halides is 3. The largest absolute Gasteiger partial charge is 0.611 e. The average molecular weight is 373 g/mol. The highest BCUT2D eigenvalue weighted by atomic mass is 32.2. The Balaban J connectivity index is 2.44. The molecule has 1 aromatic carbocycles. The number of nitrogens with zero attached hydrogens (tertiary/aromatic N) is 2. The van der Waals surface area contributed by atoms with Crippen LogP contribution in [0.2, 0.25) is 0 Å². The lowest BCUT2D eigenvalue weighted by Crippen LogP contribution is -2.23. The molecule has 1 atom stereocenters. The second-order valence-corrected chi connectivity index (χ2v) is 6.55. The minimum Gasteiger partial charge on any atom is -0.611 e. The quantitative estimate of drug-likeness (QED) is 0.386. The van der Waals surface area contributed by atoms with Crippen LogP contribution >= 0.6 is 0 Å². The van der Waals surface area contributed by atoms with E-state index in [-0.39, 0.29) is 22.0 Å². The minimum atomic E-state index is -4.58. The molecule has 0 fully saturated rings. The molecular formula is C16H15F4N3OS. The van der Waals surface area contributed by atoms with Crippen LogP contribution in [0.3, 0.4) is 0 Å². The molecular weight excluding hydrogens is 358 g/mol. The smallest absolute Gasteiger partial charge is 0.433 e. The van der Waals surface area contributed by atoms with Crippen LogP contribution < -0.4 is 5.32 Å². The Morgan fingerprint density at radius 2 is 2.08 bits per heavy atom. The van der Waals surface area contributed by atoms with Gasteiger partial charge >= 0.3 is 6.18 Å². The number of amidine groups is 1. The number of hydrogen-bond donors (Lipinski definition) is 1. The molecule has 0 saturated carbocycles. The number of halogens is 4. The fraction of sp³-hybridized carbons (Fsp3) is 0.250. The van der Waals surface area contributed by atoms with Crippen LogP contribution in [0.4, 0.5) is 23.2 Å². The zero-order valence-electron chi connectivity index (χ0n) is 13.4. The molecule has 2 rings (SSSR count). The highest BCUT2D eigenvalue weighted by Crippen LogP contribution is 2.30. The Kier molecular flexibility index (Phi) is 6.02. The molecule has 1 aromatic heterocycles. The Hall–Kier alpha value is -2.13. The molecule has 1 unspecified atom stereocenters. The first-order valence-electron chi connectivity index (χ1n) is 7.13. The van der Waals surface area contributed by atoms with Crippen LogP contribution in [0, 0.1) is 12.7 Å². The van der Waals surface area contributed by atoms with E-state index in [0.717, 1.165) is 12.1 Å². The summed E-state index contributed by atoms with van der Waals surface area (Å²) in [5.74, 6) is -1.94. The highest BCUT2D eigenvalue weighted by molar-refractivity contribution is 7.91. The molecule has 0 amide bonds. The summed E-state index contributed by atoms with van der Waals surface area (Å²) >= 11 is -2.34. The summed E-state index contributed by atoms with van der Waals surface area (Å²) < 4.78 is 63.6. The lowest BCUT2D eigenvalue weighted by Gasteiger charge is -2.15. The van der Waals surface area contributed by atoms with E-state index in [0.29, 0.717) is 5.56 Å². The molecule has 134 valence electrons. The average Bonchev–Trinajstić information content (AvgIpc) is 2.53. The predicted octanol–water partition coefficient (Wildman–Crippen LogP) is 3.50. The van der Waals surface area contributed by atoms with Gasteiger partial charge in [-0.1, -0.05) is 0 Å². The van der Waals surface area contributed by atoms with Crippen LogP contribution in [0.5, 0.6) is 0 Å². The van der Waals surface area contributed by atoms with Gasteiger partial charge in [-0.25, -0.2) is 9.38 Å². The van der Waals surface area contributed by atoms with Crippen molar-refractivity contribution in [2.75, 3.05) is 12.8 Å². The third kappa shape index (κ3) is 5.17. The van der Waals surface area contributed by atoms with Crippen molar-refractivity contribution in [3.05, 3.63) is 53.6 Å². The van der Waals surface area contributed by atoms with E-state index >= 15 is 0 Å². The van der Waals surface area contributed by atoms with Gasteiger partial charge in [-0.2, -0.15) is 13.2 Å². The summed E-state index contributed by atoms with van der Waals surface area (Å²) in [6.07, 6.45) is -1.52. The second-order valence-electron chi connectivity index (χ2n) is 5.13. The first-order chi connectivity index (χ1) is 11.7. The van der Waals surface area contributed by atoms with Crippen molar-refractivity contribution in [1.82, 2.24) is 10.3 Å². The molecule has 0 aliphatic carbocycles. The number of benzene rings is 1. The van der Waals surface area contributed by atoms with Gasteiger partial charge < -0.3 is 9.87 Å². The third-order valence-electron chi connectivity index (χ3n) is 3.19. The fourth-order valence-corrected chi connectivity index (χ4v) is 3.20. The van der Waals surface area contributed by atoms with Crippen LogP contribution in [0.15, 0.2) is 46.5 Å². The molecule has 1 N–H and O–H groups in total. The third-order valence-corrected chi connectivity index (χ3v) is 4.71. The van der Waals surface area contributed by atoms with Crippen molar-refractivity contribution < 1.29 is 22.1 Å². The number of aliphatic imine (C=N–C) groups is 1. The normalized spacial score (nSPS) is 13.6. The maximum Gasteiger partial charge on any atom is 0.433 e. The maximum atomic E-state index is 14.2. The van der Waals surface area contributed by atoms with E-state index in [1.54, 1.807) is 25.4 Å². The number of aryl methyl sites for hydroxylation is 1. The Morgan fingerprint density at radius 3 is 2.64 bits per heavy atom. The van der Waals surface area contributed by atoms with Crippen LogP contribution in [-0.2, 0) is 11.2 Å². The first kappa shape index (κ1) is 19.2. The maximum absolute atomic E-state index is 14.2. The van der Waals surface area contributed by atoms with Crippen molar-refractivity contribution in [3.8, 4) is 0 Å². The summed E-state index contributed by atoms with van der Waals surface area (Å²) in [5, 5.41) is 2.78. The molecule has 9 heteroatoms. The Labute approximate surface area is 145 Å². The fourth-order valence-electron chi connectivity index (χ4n) is 2.09. The van der Waals surface area contributed by atoms with E-state index in [1.807, 2.05) is 0 Å². The summed E-state index contributed by atoms with van der Waals surface area (Å²) in [7, 11) is 1.57. The van der Waals surface area contributed by atoms with Crippen LogP contribution in [-0.4, -0.2) is 34.3 Å². The van der Waals surface area contributed by atoms with Gasteiger partial charge in [-0.15, -0.1) is 0 Å². The van der Waals surface area contributed by atoms with Crippen molar-refractivity contribution in [3.63, 3.8) is 0 Å². The van der Waals surface area contributed by atoms with E-state index in [2.05, 4.69) is 15.3 Å². The number of pyridine rings is 1. The van der Waals surface area contributed by atoms with Gasteiger partial charge in [0.05, 0.1) is 0 Å². The summed E-state index contributed by atoms with van der Waals surface area (Å²) in [6, 6.07) is 5.47.